The highest BCUT2D eigenvalue weighted by Gasteiger charge is 2.14. The smallest absolute Gasteiger partial charge is 0.270 e. The Morgan fingerprint density at radius 2 is 2.32 bits per heavy atom. The van der Waals surface area contributed by atoms with Gasteiger partial charge in [0.05, 0.1) is 33.3 Å². The van der Waals surface area contributed by atoms with E-state index in [4.69, 9.17) is 11.6 Å². The third kappa shape index (κ3) is 3.27. The lowest BCUT2D eigenvalue weighted by Gasteiger charge is -2.05. The molecule has 1 N–H and O–H groups in total. The zero-order valence-electron chi connectivity index (χ0n) is 9.50. The van der Waals surface area contributed by atoms with Crippen LogP contribution in [0.4, 0.5) is 5.69 Å². The Labute approximate surface area is 117 Å². The van der Waals surface area contributed by atoms with Gasteiger partial charge in [-0.1, -0.05) is 11.6 Å². The second-order valence-corrected chi connectivity index (χ2v) is 4.71. The molecule has 0 saturated carbocycles. The van der Waals surface area contributed by atoms with E-state index in [9.17, 15) is 14.9 Å². The van der Waals surface area contributed by atoms with Crippen LogP contribution in [-0.2, 0) is 6.54 Å². The summed E-state index contributed by atoms with van der Waals surface area (Å²) >= 11 is 7.28. The lowest BCUT2D eigenvalue weighted by molar-refractivity contribution is -0.384. The van der Waals surface area contributed by atoms with Crippen LogP contribution in [0.2, 0.25) is 5.02 Å². The first-order valence-corrected chi connectivity index (χ1v) is 6.49. The fraction of sp³-hybridized carbons (Fsp3) is 0.0909. The third-order valence-corrected chi connectivity index (χ3v) is 3.27. The topological polar surface area (TPSA) is 85.1 Å². The number of carbonyl (C=O) groups is 1. The number of thiazole rings is 1. The number of aromatic nitrogens is 1. The minimum atomic E-state index is -0.567. The number of nitro benzene ring substituents is 1. The van der Waals surface area contributed by atoms with Gasteiger partial charge in [0, 0.05) is 17.5 Å². The molecule has 8 heteroatoms. The standard InChI is InChI=1S/C11H8ClN3O3S/c12-10-3-8(15(17)18)1-2-9(10)11(16)13-4-7-5-19-6-14-7/h1-3,5-6H,4H2,(H,13,16). The second kappa shape index (κ2) is 5.77. The molecular weight excluding hydrogens is 290 g/mol. The average molecular weight is 298 g/mol. The largest absolute Gasteiger partial charge is 0.346 e. The first-order valence-electron chi connectivity index (χ1n) is 5.17. The molecular formula is C11H8ClN3O3S. The minimum Gasteiger partial charge on any atom is -0.346 e. The molecule has 1 aromatic heterocycles. The van der Waals surface area contributed by atoms with Crippen LogP contribution < -0.4 is 5.32 Å². The lowest BCUT2D eigenvalue weighted by atomic mass is 10.2. The van der Waals surface area contributed by atoms with Gasteiger partial charge in [0.1, 0.15) is 0 Å². The summed E-state index contributed by atoms with van der Waals surface area (Å²) in [6.07, 6.45) is 0. The van der Waals surface area contributed by atoms with Crippen molar-refractivity contribution in [1.82, 2.24) is 10.3 Å². The van der Waals surface area contributed by atoms with Gasteiger partial charge in [0.15, 0.2) is 0 Å². The molecule has 0 saturated heterocycles. The van der Waals surface area contributed by atoms with Gasteiger partial charge in [0.25, 0.3) is 11.6 Å². The van der Waals surface area contributed by atoms with E-state index < -0.39 is 10.8 Å². The Morgan fingerprint density at radius 3 is 2.89 bits per heavy atom. The van der Waals surface area contributed by atoms with E-state index in [1.54, 1.807) is 5.51 Å². The van der Waals surface area contributed by atoms with Gasteiger partial charge in [-0.2, -0.15) is 0 Å². The number of nitro groups is 1. The van der Waals surface area contributed by atoms with E-state index in [1.165, 1.54) is 23.5 Å². The lowest BCUT2D eigenvalue weighted by Crippen LogP contribution is -2.23. The quantitative estimate of drug-likeness (QED) is 0.694. The molecule has 0 aliphatic carbocycles. The highest BCUT2D eigenvalue weighted by Crippen LogP contribution is 2.22. The summed E-state index contributed by atoms with van der Waals surface area (Å²) in [5.74, 6) is -0.395. The van der Waals surface area contributed by atoms with Gasteiger partial charge in [-0.3, -0.25) is 14.9 Å². The molecule has 0 fully saturated rings. The number of carbonyl (C=O) groups excluding carboxylic acids is 1. The Kier molecular flexibility index (Phi) is 4.08. The third-order valence-electron chi connectivity index (χ3n) is 2.32. The number of amides is 1. The SMILES string of the molecule is O=C(NCc1cscn1)c1ccc([N+](=O)[O-])cc1Cl. The molecule has 0 aliphatic rings. The maximum absolute atomic E-state index is 11.9. The Hall–Kier alpha value is -1.99. The molecule has 98 valence electrons. The van der Waals surface area contributed by atoms with Gasteiger partial charge in [-0.05, 0) is 6.07 Å². The summed E-state index contributed by atoms with van der Waals surface area (Å²) in [6, 6.07) is 3.72. The number of nitrogens with one attached hydrogen (secondary N) is 1. The summed E-state index contributed by atoms with van der Waals surface area (Å²) in [5.41, 5.74) is 2.46. The van der Waals surface area contributed by atoms with Crippen LogP contribution >= 0.6 is 22.9 Å². The molecule has 19 heavy (non-hydrogen) atoms. The van der Waals surface area contributed by atoms with Gasteiger partial charge in [0.2, 0.25) is 0 Å². The van der Waals surface area contributed by atoms with Crippen LogP contribution in [0.25, 0.3) is 0 Å². The predicted octanol–water partition coefficient (Wildman–Crippen LogP) is 2.63. The zero-order chi connectivity index (χ0) is 13.8. The Balaban J connectivity index is 2.09. The molecule has 1 amide bonds. The fourth-order valence-electron chi connectivity index (χ4n) is 1.39. The van der Waals surface area contributed by atoms with Crippen LogP contribution in [0.1, 0.15) is 16.1 Å². The Bertz CT molecular complexity index is 616. The van der Waals surface area contributed by atoms with E-state index >= 15 is 0 Å². The molecule has 1 heterocycles. The van der Waals surface area contributed by atoms with Crippen molar-refractivity contribution in [1.29, 1.82) is 0 Å². The van der Waals surface area contributed by atoms with Crippen molar-refractivity contribution >= 4 is 34.5 Å². The normalized spacial score (nSPS) is 10.2. The molecule has 2 aromatic rings. The predicted molar refractivity (Wildman–Crippen MR) is 71.4 cm³/mol. The molecule has 0 unspecified atom stereocenters. The Morgan fingerprint density at radius 1 is 1.53 bits per heavy atom. The van der Waals surface area contributed by atoms with Crippen LogP contribution in [0, 0.1) is 10.1 Å². The maximum Gasteiger partial charge on any atom is 0.270 e. The van der Waals surface area contributed by atoms with Crippen molar-refractivity contribution in [3.63, 3.8) is 0 Å². The van der Waals surface area contributed by atoms with Gasteiger partial charge in [-0.25, -0.2) is 4.98 Å². The number of nitrogens with zero attached hydrogens (tertiary/aromatic N) is 2. The molecule has 0 aliphatic heterocycles. The number of hydrogen-bond donors (Lipinski definition) is 1. The number of hydrogen-bond acceptors (Lipinski definition) is 5. The summed E-state index contributed by atoms with van der Waals surface area (Å²) in [7, 11) is 0. The van der Waals surface area contributed by atoms with E-state index in [1.807, 2.05) is 5.38 Å². The highest BCUT2D eigenvalue weighted by atomic mass is 35.5. The zero-order valence-corrected chi connectivity index (χ0v) is 11.1. The summed E-state index contributed by atoms with van der Waals surface area (Å²) in [4.78, 5) is 25.9. The van der Waals surface area contributed by atoms with E-state index in [0.717, 1.165) is 11.8 Å². The average Bonchev–Trinajstić information content (AvgIpc) is 2.88. The van der Waals surface area contributed by atoms with E-state index in [0.29, 0.717) is 0 Å². The van der Waals surface area contributed by atoms with Crippen LogP contribution in [-0.4, -0.2) is 15.8 Å². The molecule has 1 aromatic carbocycles. The number of halogens is 1. The first-order chi connectivity index (χ1) is 9.08. The van der Waals surface area contributed by atoms with Crippen molar-refractivity contribution in [3.8, 4) is 0 Å². The van der Waals surface area contributed by atoms with Crippen molar-refractivity contribution < 1.29 is 9.72 Å². The molecule has 2 rings (SSSR count). The van der Waals surface area contributed by atoms with Crippen LogP contribution in [0.5, 0.6) is 0 Å². The van der Waals surface area contributed by atoms with Gasteiger partial charge in [-0.15, -0.1) is 11.3 Å². The van der Waals surface area contributed by atoms with E-state index in [-0.39, 0.29) is 22.8 Å². The monoisotopic (exact) mass is 297 g/mol. The summed E-state index contributed by atoms with van der Waals surface area (Å²) < 4.78 is 0. The summed E-state index contributed by atoms with van der Waals surface area (Å²) in [5, 5.41) is 15.1. The molecule has 0 spiro atoms. The number of non-ortho nitro benzene ring substituents is 1. The van der Waals surface area contributed by atoms with Gasteiger partial charge < -0.3 is 5.32 Å². The van der Waals surface area contributed by atoms with Crippen molar-refractivity contribution in [2.75, 3.05) is 0 Å². The maximum atomic E-state index is 11.9. The molecule has 6 nitrogen and oxygen atoms in total. The van der Waals surface area contributed by atoms with E-state index in [2.05, 4.69) is 10.3 Å². The molecule has 0 radical (unpaired) electrons. The highest BCUT2D eigenvalue weighted by molar-refractivity contribution is 7.07. The van der Waals surface area contributed by atoms with Crippen molar-refractivity contribution in [2.24, 2.45) is 0 Å². The second-order valence-electron chi connectivity index (χ2n) is 3.58. The first kappa shape index (κ1) is 13.4. The van der Waals surface area contributed by atoms with Crippen molar-refractivity contribution in [3.05, 3.63) is 55.5 Å². The fourth-order valence-corrected chi connectivity index (χ4v) is 2.21. The summed E-state index contributed by atoms with van der Waals surface area (Å²) in [6.45, 7) is 0.287. The number of benzene rings is 1. The molecule has 0 atom stereocenters. The van der Waals surface area contributed by atoms with Crippen molar-refractivity contribution in [2.45, 2.75) is 6.54 Å². The molecule has 0 bridgehead atoms. The number of rotatable bonds is 4. The van der Waals surface area contributed by atoms with Crippen LogP contribution in [0.3, 0.4) is 0 Å². The van der Waals surface area contributed by atoms with Gasteiger partial charge >= 0.3 is 0 Å². The minimum absolute atomic E-state index is 0.0463. The van der Waals surface area contributed by atoms with Crippen LogP contribution in [0.15, 0.2) is 29.1 Å².